The van der Waals surface area contributed by atoms with Gasteiger partial charge in [-0.25, -0.2) is 13.1 Å². The van der Waals surface area contributed by atoms with Crippen LogP contribution >= 0.6 is 0 Å². The Labute approximate surface area is 141 Å². The van der Waals surface area contributed by atoms with E-state index in [1.807, 2.05) is 13.8 Å². The first-order chi connectivity index (χ1) is 11.4. The Morgan fingerprint density at radius 3 is 2.75 bits per heavy atom. The summed E-state index contributed by atoms with van der Waals surface area (Å²) in [5.41, 5.74) is 1.92. The molecule has 0 saturated carbocycles. The highest BCUT2D eigenvalue weighted by molar-refractivity contribution is 7.92. The van der Waals surface area contributed by atoms with E-state index in [1.165, 1.54) is 4.31 Å². The van der Waals surface area contributed by atoms with E-state index in [1.54, 1.807) is 36.9 Å². The lowest BCUT2D eigenvalue weighted by molar-refractivity contribution is 0.288. The van der Waals surface area contributed by atoms with Crippen LogP contribution in [0, 0.1) is 13.8 Å². The predicted octanol–water partition coefficient (Wildman–Crippen LogP) is 2.02. The van der Waals surface area contributed by atoms with E-state index in [9.17, 15) is 8.42 Å². The fraction of sp³-hybridized carbons (Fsp3) is 0.438. The van der Waals surface area contributed by atoms with Gasteiger partial charge in [0.1, 0.15) is 18.0 Å². The van der Waals surface area contributed by atoms with Crippen molar-refractivity contribution < 1.29 is 17.9 Å². The topological polar surface area (TPSA) is 73.7 Å². The van der Waals surface area contributed by atoms with Gasteiger partial charge in [-0.15, -0.1) is 0 Å². The zero-order chi connectivity index (χ0) is 17.5. The molecule has 1 aromatic heterocycles. The zero-order valence-electron chi connectivity index (χ0n) is 14.2. The predicted molar refractivity (Wildman–Crippen MR) is 90.3 cm³/mol. The van der Waals surface area contributed by atoms with Crippen LogP contribution < -0.4 is 13.8 Å². The molecule has 0 aliphatic carbocycles. The molecule has 1 aromatic carbocycles. The summed E-state index contributed by atoms with van der Waals surface area (Å²) in [5, 5.41) is 4.27. The first kappa shape index (κ1) is 16.6. The average molecular weight is 351 g/mol. The summed E-state index contributed by atoms with van der Waals surface area (Å²) in [5.74, 6) is 1.17. The van der Waals surface area contributed by atoms with Gasteiger partial charge in [0, 0.05) is 7.05 Å². The highest BCUT2D eigenvalue weighted by atomic mass is 32.2. The molecule has 24 heavy (non-hydrogen) atoms. The van der Waals surface area contributed by atoms with Gasteiger partial charge < -0.3 is 9.47 Å². The minimum absolute atomic E-state index is 0.236. The second-order valence-corrected chi connectivity index (χ2v) is 7.51. The number of fused-ring (bicyclic) bond motifs is 1. The van der Waals surface area contributed by atoms with Crippen LogP contribution in [0.1, 0.15) is 18.2 Å². The van der Waals surface area contributed by atoms with E-state index in [0.717, 1.165) is 5.56 Å². The average Bonchev–Trinajstić information content (AvgIpc) is 2.84. The third kappa shape index (κ3) is 2.60. The quantitative estimate of drug-likeness (QED) is 0.843. The number of aryl methyl sites for hydroxylation is 3. The molecule has 7 nitrogen and oxygen atoms in total. The van der Waals surface area contributed by atoms with E-state index in [-0.39, 0.29) is 11.4 Å². The minimum atomic E-state index is -3.69. The fourth-order valence-corrected chi connectivity index (χ4v) is 4.46. The van der Waals surface area contributed by atoms with Gasteiger partial charge in [0.15, 0.2) is 0 Å². The largest absolute Gasteiger partial charge is 0.494 e. The lowest BCUT2D eigenvalue weighted by Crippen LogP contribution is -2.38. The van der Waals surface area contributed by atoms with Crippen LogP contribution in [-0.4, -0.2) is 38.0 Å². The Morgan fingerprint density at radius 1 is 1.33 bits per heavy atom. The molecule has 0 fully saturated rings. The monoisotopic (exact) mass is 351 g/mol. The second-order valence-electron chi connectivity index (χ2n) is 5.65. The Morgan fingerprint density at radius 2 is 2.08 bits per heavy atom. The van der Waals surface area contributed by atoms with E-state index in [2.05, 4.69) is 5.10 Å². The number of hydrogen-bond acceptors (Lipinski definition) is 5. The smallest absolute Gasteiger partial charge is 0.264 e. The Kier molecular flexibility index (Phi) is 4.16. The van der Waals surface area contributed by atoms with Crippen molar-refractivity contribution in [1.82, 2.24) is 9.78 Å². The highest BCUT2D eigenvalue weighted by Crippen LogP contribution is 2.38. The Hall–Kier alpha value is -2.22. The van der Waals surface area contributed by atoms with Crippen molar-refractivity contribution in [2.75, 3.05) is 24.1 Å². The number of ether oxygens (including phenoxy) is 2. The molecule has 0 atom stereocenters. The number of benzene rings is 1. The normalized spacial score (nSPS) is 14.2. The molecule has 3 rings (SSSR count). The van der Waals surface area contributed by atoms with Gasteiger partial charge in [0.05, 0.1) is 23.7 Å². The van der Waals surface area contributed by atoms with Gasteiger partial charge in [-0.05, 0) is 44.5 Å². The van der Waals surface area contributed by atoms with Gasteiger partial charge in [-0.2, -0.15) is 5.10 Å². The number of rotatable bonds is 4. The van der Waals surface area contributed by atoms with Gasteiger partial charge in [0.2, 0.25) is 5.88 Å². The van der Waals surface area contributed by atoms with Crippen LogP contribution in [0.4, 0.5) is 5.69 Å². The van der Waals surface area contributed by atoms with Crippen molar-refractivity contribution in [1.29, 1.82) is 0 Å². The van der Waals surface area contributed by atoms with Crippen molar-refractivity contribution in [2.24, 2.45) is 7.05 Å². The molecular weight excluding hydrogens is 330 g/mol. The molecule has 0 amide bonds. The highest BCUT2D eigenvalue weighted by Gasteiger charge is 2.34. The summed E-state index contributed by atoms with van der Waals surface area (Å²) in [6, 6.07) is 4.92. The van der Waals surface area contributed by atoms with Crippen LogP contribution in [0.15, 0.2) is 23.1 Å². The number of nitrogens with zero attached hydrogens (tertiary/aromatic N) is 3. The molecule has 8 heteroatoms. The molecule has 1 aliphatic rings. The van der Waals surface area contributed by atoms with E-state index in [4.69, 9.17) is 9.47 Å². The molecule has 0 saturated heterocycles. The van der Waals surface area contributed by atoms with Gasteiger partial charge >= 0.3 is 0 Å². The summed E-state index contributed by atoms with van der Waals surface area (Å²) >= 11 is 0. The lowest BCUT2D eigenvalue weighted by atomic mass is 10.2. The van der Waals surface area contributed by atoms with Crippen LogP contribution in [-0.2, 0) is 17.1 Å². The van der Waals surface area contributed by atoms with E-state index in [0.29, 0.717) is 36.2 Å². The summed E-state index contributed by atoms with van der Waals surface area (Å²) in [6.07, 6.45) is 0. The molecule has 0 spiro atoms. The molecule has 130 valence electrons. The molecule has 0 unspecified atom stereocenters. The van der Waals surface area contributed by atoms with Gasteiger partial charge in [0.25, 0.3) is 10.0 Å². The number of hydrogen-bond donors (Lipinski definition) is 0. The summed E-state index contributed by atoms with van der Waals surface area (Å²) in [4.78, 5) is 0.236. The van der Waals surface area contributed by atoms with Crippen molar-refractivity contribution in [2.45, 2.75) is 25.7 Å². The molecule has 0 N–H and O–H groups in total. The van der Waals surface area contributed by atoms with Crippen molar-refractivity contribution in [3.05, 3.63) is 29.5 Å². The van der Waals surface area contributed by atoms with E-state index < -0.39 is 10.0 Å². The zero-order valence-corrected chi connectivity index (χ0v) is 15.1. The van der Waals surface area contributed by atoms with Gasteiger partial charge in [-0.1, -0.05) is 0 Å². The molecular formula is C16H21N3O4S. The maximum Gasteiger partial charge on any atom is 0.264 e. The van der Waals surface area contributed by atoms with Crippen LogP contribution in [0.25, 0.3) is 0 Å². The number of anilines is 1. The molecule has 2 aromatic rings. The Bertz CT molecular complexity index is 874. The first-order valence-electron chi connectivity index (χ1n) is 7.79. The number of sulfonamides is 1. The first-order valence-corrected chi connectivity index (χ1v) is 9.23. The second kappa shape index (κ2) is 6.01. The van der Waals surface area contributed by atoms with E-state index >= 15 is 0 Å². The third-order valence-electron chi connectivity index (χ3n) is 3.96. The van der Waals surface area contributed by atoms with Crippen LogP contribution in [0.2, 0.25) is 0 Å². The maximum atomic E-state index is 13.1. The van der Waals surface area contributed by atoms with Crippen molar-refractivity contribution in [3.8, 4) is 11.6 Å². The molecule has 0 bridgehead atoms. The molecule has 1 aliphatic heterocycles. The number of aromatic nitrogens is 2. The minimum Gasteiger partial charge on any atom is -0.494 e. The van der Waals surface area contributed by atoms with Crippen molar-refractivity contribution >= 4 is 15.7 Å². The maximum absolute atomic E-state index is 13.1. The van der Waals surface area contributed by atoms with Crippen LogP contribution in [0.5, 0.6) is 11.6 Å². The van der Waals surface area contributed by atoms with Gasteiger partial charge in [-0.3, -0.25) is 4.31 Å². The summed E-state index contributed by atoms with van der Waals surface area (Å²) < 4.78 is 40.3. The van der Waals surface area contributed by atoms with Crippen LogP contribution in [0.3, 0.4) is 0 Å². The molecule has 0 radical (unpaired) electrons. The standard InChI is InChI=1S/C16H21N3O4S/c1-5-22-14-7-6-13(10-11(14)2)24(20,21)19-8-9-23-16-15(19)12(3)17-18(16)4/h6-7,10H,5,8-9H2,1-4H3. The molecule has 2 heterocycles. The fourth-order valence-electron chi connectivity index (χ4n) is 2.88. The summed E-state index contributed by atoms with van der Waals surface area (Å²) in [6.45, 7) is 6.60. The van der Waals surface area contributed by atoms with Crippen molar-refractivity contribution in [3.63, 3.8) is 0 Å². The summed E-state index contributed by atoms with van der Waals surface area (Å²) in [7, 11) is -1.96. The SMILES string of the molecule is CCOc1ccc(S(=O)(=O)N2CCOc3c2c(C)nn3C)cc1C. The third-order valence-corrected chi connectivity index (χ3v) is 5.75. The Balaban J connectivity index is 2.05. The lowest BCUT2D eigenvalue weighted by Gasteiger charge is -2.28.